The van der Waals surface area contributed by atoms with Crippen molar-refractivity contribution in [1.29, 1.82) is 0 Å². The molecule has 0 radical (unpaired) electrons. The number of ether oxygens (including phenoxy) is 2. The third-order valence-corrected chi connectivity index (χ3v) is 5.12. The Labute approximate surface area is 188 Å². The molecule has 1 aliphatic heterocycles. The lowest BCUT2D eigenvalue weighted by molar-refractivity contribution is -0.177. The largest absolute Gasteiger partial charge is 0.473 e. The Kier molecular flexibility index (Phi) is 10.8. The van der Waals surface area contributed by atoms with E-state index >= 15 is 0 Å². The predicted molar refractivity (Wildman–Crippen MR) is 109 cm³/mol. The zero-order valence-corrected chi connectivity index (χ0v) is 18.6. The number of amides is 2. The number of carbonyl (C=O) groups is 7. The number of hydrogen-bond donors (Lipinski definition) is 3. The highest BCUT2D eigenvalue weighted by molar-refractivity contribution is 8.13. The highest BCUT2D eigenvalue weighted by Crippen LogP contribution is 2.25. The molecule has 0 aromatic heterocycles. The SMILES string of the molecule is CC1(C)COC(=O)CCC(=O)CC(=O)SCCNC(=O)CCNC(=O)[C@@H]1OC(=O)C(=O)O. The monoisotopic (exact) mass is 474 g/mol. The molecule has 12 nitrogen and oxygen atoms in total. The molecule has 32 heavy (non-hydrogen) atoms. The normalized spacial score (nSPS) is 22.3. The Balaban J connectivity index is 2.96. The molecular weight excluding hydrogens is 448 g/mol. The fourth-order valence-electron chi connectivity index (χ4n) is 2.52. The lowest BCUT2D eigenvalue weighted by atomic mass is 9.86. The molecule has 1 aliphatic rings. The molecule has 0 spiro atoms. The summed E-state index contributed by atoms with van der Waals surface area (Å²) >= 11 is 0.881. The summed E-state index contributed by atoms with van der Waals surface area (Å²) in [6.45, 7) is 2.42. The van der Waals surface area contributed by atoms with Gasteiger partial charge in [-0.25, -0.2) is 9.59 Å². The molecule has 3 N–H and O–H groups in total. The first-order chi connectivity index (χ1) is 14.9. The maximum Gasteiger partial charge on any atom is 0.418 e. The van der Waals surface area contributed by atoms with E-state index in [-0.39, 0.29) is 49.6 Å². The van der Waals surface area contributed by atoms with Crippen LogP contribution in [0.3, 0.4) is 0 Å². The molecule has 0 bridgehead atoms. The topological polar surface area (TPSA) is 182 Å². The minimum Gasteiger partial charge on any atom is -0.473 e. The van der Waals surface area contributed by atoms with Gasteiger partial charge >= 0.3 is 17.9 Å². The van der Waals surface area contributed by atoms with Crippen LogP contribution in [0.2, 0.25) is 0 Å². The van der Waals surface area contributed by atoms with Gasteiger partial charge in [-0.05, 0) is 0 Å². The number of Topliss-reactive ketones (excluding diaryl/α,β-unsaturated/α-hetero) is 1. The summed E-state index contributed by atoms with van der Waals surface area (Å²) in [5, 5.41) is 13.3. The first-order valence-corrected chi connectivity index (χ1v) is 10.7. The molecule has 1 atom stereocenters. The van der Waals surface area contributed by atoms with Crippen LogP contribution in [0.15, 0.2) is 0 Å². The minimum atomic E-state index is -1.91. The van der Waals surface area contributed by atoms with Gasteiger partial charge in [0.2, 0.25) is 5.91 Å². The van der Waals surface area contributed by atoms with Gasteiger partial charge in [-0.15, -0.1) is 0 Å². The Hall–Kier alpha value is -2.96. The molecule has 178 valence electrons. The van der Waals surface area contributed by atoms with Crippen molar-refractivity contribution in [2.75, 3.05) is 25.4 Å². The van der Waals surface area contributed by atoms with Crippen molar-refractivity contribution in [3.8, 4) is 0 Å². The lowest BCUT2D eigenvalue weighted by Crippen LogP contribution is -2.50. The highest BCUT2D eigenvalue weighted by atomic mass is 32.2. The molecule has 0 aromatic rings. The second-order valence-electron chi connectivity index (χ2n) is 7.57. The van der Waals surface area contributed by atoms with E-state index < -0.39 is 53.6 Å². The summed E-state index contributed by atoms with van der Waals surface area (Å²) in [7, 11) is 0. The van der Waals surface area contributed by atoms with Gasteiger partial charge < -0.3 is 25.2 Å². The minimum absolute atomic E-state index is 0.127. The number of thioether (sulfide) groups is 1. The third kappa shape index (κ3) is 9.90. The van der Waals surface area contributed by atoms with Gasteiger partial charge in [0.1, 0.15) is 12.4 Å². The number of hydrogen-bond acceptors (Lipinski definition) is 10. The van der Waals surface area contributed by atoms with Gasteiger partial charge in [0.25, 0.3) is 5.91 Å². The van der Waals surface area contributed by atoms with Crippen LogP contribution in [0.1, 0.15) is 39.5 Å². The van der Waals surface area contributed by atoms with E-state index in [0.29, 0.717) is 0 Å². The Bertz CT molecular complexity index is 780. The summed E-state index contributed by atoms with van der Waals surface area (Å²) in [6.07, 6.45) is -2.64. The van der Waals surface area contributed by atoms with Gasteiger partial charge in [0, 0.05) is 37.1 Å². The summed E-state index contributed by atoms with van der Waals surface area (Å²) in [6, 6.07) is 0. The van der Waals surface area contributed by atoms with E-state index in [9.17, 15) is 33.6 Å². The van der Waals surface area contributed by atoms with Crippen LogP contribution in [-0.4, -0.2) is 77.3 Å². The van der Waals surface area contributed by atoms with Gasteiger partial charge in [0.15, 0.2) is 11.2 Å². The van der Waals surface area contributed by atoms with E-state index in [0.717, 1.165) is 11.8 Å². The summed E-state index contributed by atoms with van der Waals surface area (Å²) in [5.74, 6) is -5.85. The number of carbonyl (C=O) groups excluding carboxylic acids is 6. The summed E-state index contributed by atoms with van der Waals surface area (Å²) in [5.41, 5.74) is -1.34. The summed E-state index contributed by atoms with van der Waals surface area (Å²) in [4.78, 5) is 82.4. The van der Waals surface area contributed by atoms with Crippen molar-refractivity contribution in [3.63, 3.8) is 0 Å². The smallest absolute Gasteiger partial charge is 0.418 e. The number of aliphatic carboxylic acids is 1. The van der Waals surface area contributed by atoms with E-state index in [2.05, 4.69) is 10.6 Å². The second-order valence-corrected chi connectivity index (χ2v) is 8.72. The van der Waals surface area contributed by atoms with Crippen molar-refractivity contribution in [3.05, 3.63) is 0 Å². The van der Waals surface area contributed by atoms with Gasteiger partial charge in [0.05, 0.1) is 12.8 Å². The number of esters is 2. The first kappa shape index (κ1) is 27.1. The molecule has 0 aromatic carbocycles. The van der Waals surface area contributed by atoms with Crippen molar-refractivity contribution in [2.45, 2.75) is 45.6 Å². The van der Waals surface area contributed by atoms with Crippen molar-refractivity contribution < 1.29 is 48.1 Å². The number of ketones is 1. The van der Waals surface area contributed by atoms with Gasteiger partial charge in [-0.2, -0.15) is 0 Å². The molecule has 0 saturated carbocycles. The highest BCUT2D eigenvalue weighted by Gasteiger charge is 2.41. The molecule has 13 heteroatoms. The molecule has 1 heterocycles. The van der Waals surface area contributed by atoms with E-state index in [1.807, 2.05) is 0 Å². The number of rotatable bonds is 1. The molecule has 1 rings (SSSR count). The zero-order valence-electron chi connectivity index (χ0n) is 17.8. The van der Waals surface area contributed by atoms with Crippen LogP contribution in [0.25, 0.3) is 0 Å². The van der Waals surface area contributed by atoms with Gasteiger partial charge in [-0.1, -0.05) is 25.6 Å². The molecule has 1 fully saturated rings. The first-order valence-electron chi connectivity index (χ1n) is 9.73. The maximum atomic E-state index is 12.6. The summed E-state index contributed by atoms with van der Waals surface area (Å²) < 4.78 is 9.86. The van der Waals surface area contributed by atoms with Crippen molar-refractivity contribution in [2.24, 2.45) is 5.41 Å². The predicted octanol–water partition coefficient (Wildman–Crippen LogP) is -0.812. The standard InChI is InChI=1S/C19H26N2O10S/c1-19(2)10-30-13(24)4-3-11(22)9-14(25)32-8-7-20-12(23)5-6-21-16(26)15(19)31-18(29)17(27)28/h15H,3-10H2,1-2H3,(H,20,23)(H,21,26)(H,27,28)/t15-/m0/s1. The maximum absolute atomic E-state index is 12.6. The fourth-order valence-corrected chi connectivity index (χ4v) is 3.21. The molecule has 2 amide bonds. The van der Waals surface area contributed by atoms with Crippen LogP contribution >= 0.6 is 11.8 Å². The molecular formula is C19H26N2O10S. The van der Waals surface area contributed by atoms with Crippen molar-refractivity contribution >= 4 is 52.4 Å². The van der Waals surface area contributed by atoms with Gasteiger partial charge in [-0.3, -0.25) is 24.0 Å². The zero-order chi connectivity index (χ0) is 24.3. The average Bonchev–Trinajstić information content (AvgIpc) is 2.71. The quantitative estimate of drug-likeness (QED) is 0.245. The molecule has 0 unspecified atom stereocenters. The molecule has 0 aliphatic carbocycles. The third-order valence-electron chi connectivity index (χ3n) is 4.24. The van der Waals surface area contributed by atoms with Crippen LogP contribution in [0.5, 0.6) is 0 Å². The number of cyclic esters (lactones) is 1. The van der Waals surface area contributed by atoms with Crippen LogP contribution < -0.4 is 10.6 Å². The van der Waals surface area contributed by atoms with E-state index in [4.69, 9.17) is 14.6 Å². The fraction of sp³-hybridized carbons (Fsp3) is 0.632. The Morgan fingerprint density at radius 2 is 1.75 bits per heavy atom. The number of carboxylic acid groups (broad SMARTS) is 1. The number of carboxylic acids is 1. The average molecular weight is 474 g/mol. The Morgan fingerprint density at radius 3 is 2.41 bits per heavy atom. The van der Waals surface area contributed by atoms with E-state index in [1.54, 1.807) is 0 Å². The van der Waals surface area contributed by atoms with Crippen LogP contribution in [0, 0.1) is 5.41 Å². The van der Waals surface area contributed by atoms with Crippen molar-refractivity contribution in [1.82, 2.24) is 10.6 Å². The van der Waals surface area contributed by atoms with Crippen LogP contribution in [-0.2, 0) is 43.0 Å². The molecule has 1 saturated heterocycles. The Morgan fingerprint density at radius 1 is 1.06 bits per heavy atom. The second kappa shape index (κ2) is 12.8. The number of nitrogens with one attached hydrogen (secondary N) is 2. The van der Waals surface area contributed by atoms with E-state index in [1.165, 1.54) is 13.8 Å². The lowest BCUT2D eigenvalue weighted by Gasteiger charge is -2.31. The van der Waals surface area contributed by atoms with Crippen LogP contribution in [0.4, 0.5) is 0 Å².